The summed E-state index contributed by atoms with van der Waals surface area (Å²) in [6, 6.07) is -5.97. The summed E-state index contributed by atoms with van der Waals surface area (Å²) >= 11 is 0. The first kappa shape index (κ1) is 39.8. The van der Waals surface area contributed by atoms with Gasteiger partial charge >= 0.3 is 48.7 Å². The third-order valence-electron chi connectivity index (χ3n) is 3.33. The predicted octanol–water partition coefficient (Wildman–Crippen LogP) is 2.39. The number of quaternary nitrogens is 1. The van der Waals surface area contributed by atoms with Gasteiger partial charge in [-0.25, -0.2) is 4.39 Å². The van der Waals surface area contributed by atoms with E-state index < -0.39 is 66.2 Å². The summed E-state index contributed by atoms with van der Waals surface area (Å²) < 4.78 is 186. The van der Waals surface area contributed by atoms with Crippen molar-refractivity contribution in [2.45, 2.75) is 44.7 Å². The smallest absolute Gasteiger partial charge is 0.379 e. The second-order valence-electron chi connectivity index (χ2n) is 6.87. The summed E-state index contributed by atoms with van der Waals surface area (Å²) in [6.07, 6.45) is 0.351. The van der Waals surface area contributed by atoms with Crippen molar-refractivity contribution in [2.24, 2.45) is 0 Å². The number of rotatable bonds is 14. The maximum Gasteiger partial charge on any atom is 0.379 e. The van der Waals surface area contributed by atoms with Gasteiger partial charge in [-0.3, -0.25) is 4.74 Å². The van der Waals surface area contributed by atoms with E-state index in [-0.39, 0.29) is 17.6 Å². The van der Waals surface area contributed by atoms with Gasteiger partial charge in [-0.1, -0.05) is 3.89 Å². The van der Waals surface area contributed by atoms with Crippen molar-refractivity contribution >= 4 is 16.4 Å². The van der Waals surface area contributed by atoms with E-state index in [1.54, 1.807) is 18.8 Å². The number of hydrogen-bond acceptors (Lipinski definition) is 6. The molecule has 0 saturated carbocycles. The normalized spacial score (nSPS) is 13.1. The summed E-state index contributed by atoms with van der Waals surface area (Å²) in [5.74, 6) is -6.79. The quantitative estimate of drug-likeness (QED) is 0.107. The van der Waals surface area contributed by atoms with Gasteiger partial charge in [-0.15, -0.1) is 4.90 Å². The van der Waals surface area contributed by atoms with Crippen LogP contribution < -0.4 is 9.83 Å². The first-order chi connectivity index (χ1) is 16.3. The number of halogens is 14. The molecule has 0 aliphatic heterocycles. The van der Waals surface area contributed by atoms with E-state index in [9.17, 15) is 79.3 Å². The standard InChI is InChI=1S/C7H15FN2O4S.C5H4F9N.C2H2F4O/c1-10(2,6-7(11)12)5-3-4-9-15(8,13)14;6-1-4(11,12)5(13,14)15(2(7)8)3(9)10;3-1(4)7-2(5)6/h9H,3-6H2,1-2H3;2-3H,1H2;1-2H. The van der Waals surface area contributed by atoms with E-state index in [4.69, 9.17) is 0 Å². The number of likely N-dealkylation sites (N-methyl/N-ethyl adjacent to an activating group) is 1. The molecule has 0 rings (SSSR count). The fraction of sp³-hybridized carbons (Fsp3) is 0.929. The second-order valence-corrected chi connectivity index (χ2v) is 8.04. The van der Waals surface area contributed by atoms with Crippen molar-refractivity contribution in [2.75, 3.05) is 40.4 Å². The van der Waals surface area contributed by atoms with E-state index in [0.29, 0.717) is 13.0 Å². The highest BCUT2D eigenvalue weighted by Crippen LogP contribution is 2.40. The highest BCUT2D eigenvalue weighted by Gasteiger charge is 2.65. The molecule has 0 radical (unpaired) electrons. The highest BCUT2D eigenvalue weighted by molar-refractivity contribution is 7.84. The van der Waals surface area contributed by atoms with Crippen LogP contribution in [0.25, 0.3) is 0 Å². The summed E-state index contributed by atoms with van der Waals surface area (Å²) in [4.78, 5) is 7.95. The number of nitrogens with one attached hydrogen (secondary N) is 1. The molecule has 0 unspecified atom stereocenters. The van der Waals surface area contributed by atoms with Crippen molar-refractivity contribution in [1.29, 1.82) is 0 Å². The second kappa shape index (κ2) is 17.0. The van der Waals surface area contributed by atoms with Crippen LogP contribution in [-0.4, -0.2) is 102 Å². The minimum Gasteiger partial charge on any atom is -0.544 e. The molecule has 23 heteroatoms. The lowest BCUT2D eigenvalue weighted by atomic mass is 10.3. The zero-order valence-electron chi connectivity index (χ0n) is 18.5. The lowest BCUT2D eigenvalue weighted by Crippen LogP contribution is -2.59. The van der Waals surface area contributed by atoms with Gasteiger partial charge < -0.3 is 14.4 Å². The van der Waals surface area contributed by atoms with Gasteiger partial charge in [0, 0.05) is 13.0 Å². The van der Waals surface area contributed by atoms with E-state index in [2.05, 4.69) is 4.74 Å². The first-order valence-electron chi connectivity index (χ1n) is 8.92. The highest BCUT2D eigenvalue weighted by atomic mass is 32.3. The Balaban J connectivity index is -0.000000501. The van der Waals surface area contributed by atoms with E-state index in [1.807, 2.05) is 0 Å². The van der Waals surface area contributed by atoms with Crippen LogP contribution in [0.3, 0.4) is 0 Å². The van der Waals surface area contributed by atoms with E-state index in [0.717, 1.165) is 0 Å². The number of carbonyl (C=O) groups excluding carboxylic acids is 1. The zero-order chi connectivity index (χ0) is 30.4. The van der Waals surface area contributed by atoms with Crippen LogP contribution in [0.1, 0.15) is 6.42 Å². The molecular formula is C14H21F14N3O5S. The van der Waals surface area contributed by atoms with Gasteiger partial charge in [0.1, 0.15) is 6.54 Å². The van der Waals surface area contributed by atoms with Gasteiger partial charge in [-0.2, -0.15) is 65.8 Å². The summed E-state index contributed by atoms with van der Waals surface area (Å²) in [5.41, 5.74) is 0. The van der Waals surface area contributed by atoms with Gasteiger partial charge in [0.25, 0.3) is 0 Å². The fourth-order valence-corrected chi connectivity index (χ4v) is 2.20. The topological polar surface area (TPSA) is 98.8 Å². The van der Waals surface area contributed by atoms with Crippen molar-refractivity contribution in [1.82, 2.24) is 9.62 Å². The van der Waals surface area contributed by atoms with E-state index >= 15 is 0 Å². The molecule has 226 valence electrons. The van der Waals surface area contributed by atoms with Crippen molar-refractivity contribution in [3.8, 4) is 0 Å². The maximum atomic E-state index is 12.3. The predicted molar refractivity (Wildman–Crippen MR) is 92.3 cm³/mol. The minimum absolute atomic E-state index is 0.0481. The van der Waals surface area contributed by atoms with Gasteiger partial charge in [0.15, 0.2) is 6.67 Å². The summed E-state index contributed by atoms with van der Waals surface area (Å²) in [5, 5.41) is 10.3. The Morgan fingerprint density at radius 3 is 1.62 bits per heavy atom. The molecule has 37 heavy (non-hydrogen) atoms. The number of nitrogens with zero attached hydrogens (tertiary/aromatic N) is 2. The molecule has 0 amide bonds. The van der Waals surface area contributed by atoms with Gasteiger partial charge in [-0.05, 0) is 0 Å². The number of carboxylic acids is 1. The van der Waals surface area contributed by atoms with Gasteiger partial charge in [0.05, 0.1) is 26.6 Å². The SMILES string of the molecule is C[N+](C)(CCCNS(=O)(=O)F)CC(=O)[O-].FC(F)OC(F)F.FCC(F)(F)C(F)(F)N(C(F)F)C(F)F. The molecule has 0 aliphatic carbocycles. The Labute approximate surface area is 200 Å². The van der Waals surface area contributed by atoms with Crippen LogP contribution in [-0.2, 0) is 19.9 Å². The number of carbonyl (C=O) groups is 1. The largest absolute Gasteiger partial charge is 0.544 e. The minimum atomic E-state index is -5.97. The van der Waals surface area contributed by atoms with Crippen LogP contribution in [0, 0.1) is 0 Å². The fourth-order valence-electron chi connectivity index (χ4n) is 1.81. The summed E-state index contributed by atoms with van der Waals surface area (Å²) in [6.45, 7) is -18.7. The van der Waals surface area contributed by atoms with Crippen molar-refractivity contribution in [3.05, 3.63) is 0 Å². The number of hydrogen-bond donors (Lipinski definition) is 1. The third-order valence-corrected chi connectivity index (χ3v) is 3.88. The number of carboxylic acid groups (broad SMARTS) is 1. The van der Waals surface area contributed by atoms with Crippen LogP contribution in [0.4, 0.5) is 61.0 Å². The Morgan fingerprint density at radius 1 is 0.973 bits per heavy atom. The van der Waals surface area contributed by atoms with Crippen molar-refractivity contribution < 1.29 is 88.5 Å². The Bertz CT molecular complexity index is 729. The van der Waals surface area contributed by atoms with Crippen LogP contribution in [0.5, 0.6) is 0 Å². The molecule has 0 aromatic rings. The number of aliphatic carboxylic acids is 1. The molecule has 0 aliphatic rings. The summed E-state index contributed by atoms with van der Waals surface area (Å²) in [7, 11) is -1.32. The molecule has 0 heterocycles. The average molecular weight is 609 g/mol. The molecule has 0 atom stereocenters. The van der Waals surface area contributed by atoms with E-state index in [1.165, 1.54) is 0 Å². The zero-order valence-corrected chi connectivity index (χ0v) is 19.3. The molecule has 0 fully saturated rings. The van der Waals surface area contributed by atoms with Gasteiger partial charge in [0.2, 0.25) is 0 Å². The van der Waals surface area contributed by atoms with Crippen molar-refractivity contribution in [3.63, 3.8) is 0 Å². The molecule has 0 aromatic carbocycles. The Kier molecular flexibility index (Phi) is 18.3. The van der Waals surface area contributed by atoms with Crippen LogP contribution >= 0.6 is 0 Å². The lowest BCUT2D eigenvalue weighted by Gasteiger charge is -2.33. The molecular weight excluding hydrogens is 588 g/mol. The molecule has 0 aromatic heterocycles. The third kappa shape index (κ3) is 20.0. The lowest BCUT2D eigenvalue weighted by molar-refractivity contribution is -0.884. The average Bonchev–Trinajstić information content (AvgIpc) is 2.62. The maximum absolute atomic E-state index is 12.3. The molecule has 0 bridgehead atoms. The monoisotopic (exact) mass is 609 g/mol. The molecule has 1 N–H and O–H groups in total. The van der Waals surface area contributed by atoms with Crippen LogP contribution in [0.2, 0.25) is 0 Å². The number of ether oxygens (including phenoxy) is 1. The molecule has 0 saturated heterocycles. The Hall–Kier alpha value is -1.72. The molecule has 8 nitrogen and oxygen atoms in total. The molecule has 0 spiro atoms. The first-order valence-corrected chi connectivity index (χ1v) is 10.3. The Morgan fingerprint density at radius 2 is 1.38 bits per heavy atom. The van der Waals surface area contributed by atoms with Crippen LogP contribution in [0.15, 0.2) is 0 Å². The number of alkyl halides is 13.